The molecule has 4 nitrogen and oxygen atoms in total. The van der Waals surface area contributed by atoms with E-state index in [-0.39, 0.29) is 36.1 Å². The minimum atomic E-state index is -0.660. The quantitative estimate of drug-likeness (QED) is 0.649. The predicted octanol–water partition coefficient (Wildman–Crippen LogP) is 5.23. The molecule has 0 saturated carbocycles. The maximum absolute atomic E-state index is 14.2. The molecule has 0 aromatic heterocycles. The zero-order valence-electron chi connectivity index (χ0n) is 17.9. The van der Waals surface area contributed by atoms with E-state index in [1.165, 1.54) is 12.1 Å². The normalized spacial score (nSPS) is 16.2. The van der Waals surface area contributed by atoms with Gasteiger partial charge >= 0.3 is 0 Å². The highest BCUT2D eigenvalue weighted by Gasteiger charge is 2.29. The Morgan fingerprint density at radius 3 is 2.50 bits per heavy atom. The summed E-state index contributed by atoms with van der Waals surface area (Å²) in [6.45, 7) is 8.29. The maximum atomic E-state index is 14.2. The molecule has 0 spiro atoms. The Kier molecular flexibility index (Phi) is 6.54. The van der Waals surface area contributed by atoms with Crippen LogP contribution in [0.2, 0.25) is 0 Å². The summed E-state index contributed by atoms with van der Waals surface area (Å²) in [6, 6.07) is 11.4. The Morgan fingerprint density at radius 1 is 1.17 bits per heavy atom. The van der Waals surface area contributed by atoms with Gasteiger partial charge in [0.1, 0.15) is 11.6 Å². The fraction of sp³-hybridized carbons (Fsp3) is 0.417. The van der Waals surface area contributed by atoms with Crippen LogP contribution in [-0.2, 0) is 16.2 Å². The molecular weight excluding hydrogens is 386 g/mol. The highest BCUT2D eigenvalue weighted by molar-refractivity contribution is 6.01. The first kappa shape index (κ1) is 21.9. The first-order valence-electron chi connectivity index (χ1n) is 10.1. The summed E-state index contributed by atoms with van der Waals surface area (Å²) in [5.74, 6) is -1.40. The van der Waals surface area contributed by atoms with Crippen LogP contribution in [0.25, 0.3) is 0 Å². The van der Waals surface area contributed by atoms with Crippen LogP contribution in [0.4, 0.5) is 8.78 Å². The Bertz CT molecular complexity index is 933. The lowest BCUT2D eigenvalue weighted by molar-refractivity contribution is -0.135. The van der Waals surface area contributed by atoms with E-state index < -0.39 is 11.6 Å². The fourth-order valence-corrected chi connectivity index (χ4v) is 3.36. The number of benzene rings is 2. The van der Waals surface area contributed by atoms with Gasteiger partial charge in [0.05, 0.1) is 12.3 Å². The number of amides is 1. The summed E-state index contributed by atoms with van der Waals surface area (Å²) in [4.78, 5) is 20.1. The molecule has 0 saturated heterocycles. The third kappa shape index (κ3) is 5.88. The molecule has 1 amide bonds. The molecule has 0 unspecified atom stereocenters. The van der Waals surface area contributed by atoms with Crippen LogP contribution in [0.1, 0.15) is 50.3 Å². The predicted molar refractivity (Wildman–Crippen MR) is 113 cm³/mol. The van der Waals surface area contributed by atoms with E-state index in [1.54, 1.807) is 4.90 Å². The number of oxime groups is 1. The highest BCUT2D eigenvalue weighted by atomic mass is 19.1. The second-order valence-electron chi connectivity index (χ2n) is 9.08. The van der Waals surface area contributed by atoms with Gasteiger partial charge < -0.3 is 9.74 Å². The Hall–Kier alpha value is -2.76. The van der Waals surface area contributed by atoms with E-state index in [0.717, 1.165) is 22.9 Å². The minimum absolute atomic E-state index is 0.0563. The van der Waals surface area contributed by atoms with Gasteiger partial charge in [-0.2, -0.15) is 0 Å². The topological polar surface area (TPSA) is 41.9 Å². The summed E-state index contributed by atoms with van der Waals surface area (Å²) in [5, 5.41) is 4.20. The molecule has 0 N–H and O–H groups in total. The Morgan fingerprint density at radius 2 is 1.87 bits per heavy atom. The smallest absolute Gasteiger partial charge is 0.223 e. The van der Waals surface area contributed by atoms with E-state index in [0.29, 0.717) is 12.8 Å². The van der Waals surface area contributed by atoms with Gasteiger partial charge in [0.2, 0.25) is 5.91 Å². The SMILES string of the molecule is Cc1ccc(C2=NO[C@H](CN(Cc3ccc(F)cc3F)C(=O)CC(C)(C)C)C2)cc1. The largest absolute Gasteiger partial charge is 0.390 e. The Labute approximate surface area is 176 Å². The molecule has 0 aliphatic carbocycles. The molecule has 1 atom stereocenters. The van der Waals surface area contributed by atoms with E-state index in [2.05, 4.69) is 5.16 Å². The molecule has 6 heteroatoms. The first-order chi connectivity index (χ1) is 14.1. The van der Waals surface area contributed by atoms with E-state index in [1.807, 2.05) is 52.0 Å². The third-order valence-electron chi connectivity index (χ3n) is 4.95. The number of hydrogen-bond donors (Lipinski definition) is 0. The zero-order chi connectivity index (χ0) is 21.9. The minimum Gasteiger partial charge on any atom is -0.390 e. The van der Waals surface area contributed by atoms with Gasteiger partial charge in [-0.05, 0) is 24.0 Å². The van der Waals surface area contributed by atoms with Crippen molar-refractivity contribution in [2.24, 2.45) is 10.6 Å². The third-order valence-corrected chi connectivity index (χ3v) is 4.95. The van der Waals surface area contributed by atoms with Crippen molar-refractivity contribution in [1.29, 1.82) is 0 Å². The van der Waals surface area contributed by atoms with E-state index in [9.17, 15) is 13.6 Å². The molecule has 30 heavy (non-hydrogen) atoms. The van der Waals surface area contributed by atoms with Crippen LogP contribution in [0.5, 0.6) is 0 Å². The second kappa shape index (κ2) is 8.94. The van der Waals surface area contributed by atoms with Gasteiger partial charge in [-0.25, -0.2) is 8.78 Å². The number of rotatable bonds is 6. The standard InChI is InChI=1S/C24H28F2N2O2/c1-16-5-7-17(8-6-16)22-12-20(30-27-22)15-28(23(29)13-24(2,3)4)14-18-9-10-19(25)11-21(18)26/h5-11,20H,12-15H2,1-4H3/t20-/m0/s1. The molecule has 1 heterocycles. The van der Waals surface area contributed by atoms with Crippen molar-refractivity contribution in [3.63, 3.8) is 0 Å². The molecule has 1 aliphatic heterocycles. The summed E-state index contributed by atoms with van der Waals surface area (Å²) in [7, 11) is 0. The summed E-state index contributed by atoms with van der Waals surface area (Å²) < 4.78 is 27.5. The van der Waals surface area contributed by atoms with Crippen LogP contribution in [0, 0.1) is 24.0 Å². The second-order valence-corrected chi connectivity index (χ2v) is 9.08. The number of nitrogens with zero attached hydrogens (tertiary/aromatic N) is 2. The van der Waals surface area contributed by atoms with Gasteiger partial charge in [0.25, 0.3) is 0 Å². The number of halogens is 2. The number of carbonyl (C=O) groups is 1. The molecule has 0 bridgehead atoms. The van der Waals surface area contributed by atoms with Gasteiger partial charge in [-0.1, -0.05) is 61.8 Å². The van der Waals surface area contributed by atoms with Crippen LogP contribution >= 0.6 is 0 Å². The monoisotopic (exact) mass is 414 g/mol. The Balaban J connectivity index is 1.72. The lowest BCUT2D eigenvalue weighted by Gasteiger charge is -2.28. The highest BCUT2D eigenvalue weighted by Crippen LogP contribution is 2.24. The van der Waals surface area contributed by atoms with Crippen molar-refractivity contribution in [3.05, 3.63) is 70.8 Å². The van der Waals surface area contributed by atoms with Crippen LogP contribution in [0.15, 0.2) is 47.6 Å². The van der Waals surface area contributed by atoms with Crippen molar-refractivity contribution in [2.75, 3.05) is 6.54 Å². The van der Waals surface area contributed by atoms with Gasteiger partial charge in [-0.15, -0.1) is 0 Å². The summed E-state index contributed by atoms with van der Waals surface area (Å²) in [5.41, 5.74) is 3.04. The van der Waals surface area contributed by atoms with Gasteiger partial charge in [-0.3, -0.25) is 4.79 Å². The molecule has 160 valence electrons. The van der Waals surface area contributed by atoms with Crippen molar-refractivity contribution < 1.29 is 18.4 Å². The number of carbonyl (C=O) groups excluding carboxylic acids is 1. The fourth-order valence-electron chi connectivity index (χ4n) is 3.36. The molecule has 0 fully saturated rings. The van der Waals surface area contributed by atoms with E-state index in [4.69, 9.17) is 4.84 Å². The van der Waals surface area contributed by atoms with Crippen LogP contribution < -0.4 is 0 Å². The average molecular weight is 414 g/mol. The van der Waals surface area contributed by atoms with Crippen LogP contribution in [0.3, 0.4) is 0 Å². The van der Waals surface area contributed by atoms with Crippen molar-refractivity contribution >= 4 is 11.6 Å². The lowest BCUT2D eigenvalue weighted by Crippen LogP contribution is -2.39. The summed E-state index contributed by atoms with van der Waals surface area (Å²) >= 11 is 0. The molecule has 0 radical (unpaired) electrons. The van der Waals surface area contributed by atoms with Crippen molar-refractivity contribution in [1.82, 2.24) is 4.90 Å². The molecule has 2 aromatic rings. The van der Waals surface area contributed by atoms with Crippen molar-refractivity contribution in [2.45, 2.75) is 53.2 Å². The van der Waals surface area contributed by atoms with Gasteiger partial charge in [0, 0.05) is 31.0 Å². The molecular formula is C24H28F2N2O2. The molecule has 3 rings (SSSR count). The van der Waals surface area contributed by atoms with Crippen molar-refractivity contribution in [3.8, 4) is 0 Å². The van der Waals surface area contributed by atoms with Crippen LogP contribution in [-0.4, -0.2) is 29.2 Å². The number of hydrogen-bond acceptors (Lipinski definition) is 3. The lowest BCUT2D eigenvalue weighted by atomic mass is 9.91. The average Bonchev–Trinajstić information content (AvgIpc) is 3.11. The van der Waals surface area contributed by atoms with E-state index >= 15 is 0 Å². The molecule has 2 aromatic carbocycles. The zero-order valence-corrected chi connectivity index (χ0v) is 17.9. The first-order valence-corrected chi connectivity index (χ1v) is 10.1. The molecule has 1 aliphatic rings. The maximum Gasteiger partial charge on any atom is 0.223 e. The number of aryl methyl sites for hydroxylation is 1. The summed E-state index contributed by atoms with van der Waals surface area (Å²) in [6.07, 6.45) is 0.566. The van der Waals surface area contributed by atoms with Gasteiger partial charge in [0.15, 0.2) is 6.10 Å².